The van der Waals surface area contributed by atoms with Crippen LogP contribution < -0.4 is 5.32 Å². The monoisotopic (exact) mass is 894 g/mol. The lowest BCUT2D eigenvalue weighted by atomic mass is 9.87. The Morgan fingerprint density at radius 3 is 1.82 bits per heavy atom. The van der Waals surface area contributed by atoms with Gasteiger partial charge in [0.25, 0.3) is 0 Å². The second-order valence-corrected chi connectivity index (χ2v) is 18.5. The summed E-state index contributed by atoms with van der Waals surface area (Å²) >= 11 is 0. The van der Waals surface area contributed by atoms with Crippen LogP contribution in [0.15, 0.2) is 133 Å². The molecule has 2 amide bonds. The van der Waals surface area contributed by atoms with E-state index in [0.717, 1.165) is 93.0 Å². The van der Waals surface area contributed by atoms with Gasteiger partial charge in [0.2, 0.25) is 12.3 Å². The first-order valence-electron chi connectivity index (χ1n) is 24.2. The lowest BCUT2D eigenvalue weighted by Crippen LogP contribution is -2.62. The van der Waals surface area contributed by atoms with Crippen molar-refractivity contribution in [1.82, 2.24) is 15.1 Å². The summed E-state index contributed by atoms with van der Waals surface area (Å²) in [7, 11) is 4.04. The van der Waals surface area contributed by atoms with Crippen LogP contribution in [0.3, 0.4) is 0 Å². The van der Waals surface area contributed by atoms with Crippen LogP contribution in [0, 0.1) is 6.92 Å². The molecular formula is C57H71N3O6. The van der Waals surface area contributed by atoms with Gasteiger partial charge in [0.1, 0.15) is 30.1 Å². The fraction of sp³-hybridized carbons (Fsp3) is 0.439. The minimum absolute atomic E-state index is 0.115. The predicted octanol–water partition coefficient (Wildman–Crippen LogP) is 10.3. The maximum atomic E-state index is 13.8. The second-order valence-electron chi connectivity index (χ2n) is 18.5. The second kappa shape index (κ2) is 24.6. The average molecular weight is 894 g/mol. The predicted molar refractivity (Wildman–Crippen MR) is 262 cm³/mol. The molecule has 7 rings (SSSR count). The Hall–Kier alpha value is -5.16. The van der Waals surface area contributed by atoms with Crippen molar-refractivity contribution in [3.8, 4) is 0 Å². The summed E-state index contributed by atoms with van der Waals surface area (Å²) in [5.41, 5.74) is 8.61. The fourth-order valence-corrected chi connectivity index (χ4v) is 9.68. The van der Waals surface area contributed by atoms with E-state index in [9.17, 15) is 9.59 Å². The number of rotatable bonds is 23. The smallest absolute Gasteiger partial charge is 0.224 e. The molecule has 0 radical (unpaired) electrons. The first kappa shape index (κ1) is 48.8. The molecule has 0 spiro atoms. The molecule has 1 aliphatic heterocycles. The summed E-state index contributed by atoms with van der Waals surface area (Å²) < 4.78 is 27.9. The van der Waals surface area contributed by atoms with Crippen molar-refractivity contribution >= 4 is 12.3 Å². The molecule has 0 bridgehead atoms. The van der Waals surface area contributed by atoms with E-state index in [1.807, 2.05) is 73.6 Å². The summed E-state index contributed by atoms with van der Waals surface area (Å²) in [6.07, 6.45) is 7.17. The Bertz CT molecular complexity index is 2210. The zero-order chi connectivity index (χ0) is 46.1. The number of nitrogens with zero attached hydrogens (tertiary/aromatic N) is 2. The number of amides is 2. The summed E-state index contributed by atoms with van der Waals surface area (Å²) in [6, 6.07) is 46.4. The number of aryl methyl sites for hydroxylation is 2. The Morgan fingerprint density at radius 2 is 1.26 bits per heavy atom. The quantitative estimate of drug-likeness (QED) is 0.0516. The standard InChI is InChI=1S/C57H71N3O6/c1-5-51-54(63-39-46-19-10-6-11-20-46)56(65-41-48-23-14-8-15-24-48)55(64-40-47-21-12-7-13-22-47)53(66-51)49-32-27-43(2)50(38-49)37-45-30-28-44(29-31-45)25-18-26-52(62)60(36-35-59(3)4)57(58-42-61)33-16-9-17-34-57/h6-8,10-15,19-24,27-32,38,42,51,53-56H,5,9,16-18,25-26,33-37,39-41H2,1-4H3,(H,58,61)/t51-,53+,54-,55+,56+/m1/s1. The summed E-state index contributed by atoms with van der Waals surface area (Å²) in [5, 5.41) is 3.09. The van der Waals surface area contributed by atoms with E-state index < -0.39 is 24.0 Å². The number of hydrogen-bond acceptors (Lipinski definition) is 7. The van der Waals surface area contributed by atoms with Crippen LogP contribution >= 0.6 is 0 Å². The molecule has 1 saturated carbocycles. The van der Waals surface area contributed by atoms with Gasteiger partial charge in [-0.25, -0.2) is 0 Å². The zero-order valence-electron chi connectivity index (χ0n) is 39.6. The number of benzene rings is 5. The highest BCUT2D eigenvalue weighted by atomic mass is 16.6. The Labute approximate surface area is 393 Å². The number of hydrogen-bond donors (Lipinski definition) is 1. The van der Waals surface area contributed by atoms with Crippen molar-refractivity contribution in [2.45, 2.75) is 134 Å². The van der Waals surface area contributed by atoms with Crippen LogP contribution in [0.5, 0.6) is 0 Å². The maximum absolute atomic E-state index is 13.8. The number of carbonyl (C=O) groups is 2. The molecule has 350 valence electrons. The minimum Gasteiger partial charge on any atom is -0.368 e. The van der Waals surface area contributed by atoms with Gasteiger partial charge < -0.3 is 34.1 Å². The molecule has 5 aromatic carbocycles. The third-order valence-corrected chi connectivity index (χ3v) is 13.5. The van der Waals surface area contributed by atoms with Crippen molar-refractivity contribution in [2.24, 2.45) is 0 Å². The van der Waals surface area contributed by atoms with Crippen molar-refractivity contribution < 1.29 is 28.5 Å². The van der Waals surface area contributed by atoms with E-state index in [1.165, 1.54) is 22.3 Å². The molecule has 9 heteroatoms. The molecule has 0 unspecified atom stereocenters. The van der Waals surface area contributed by atoms with E-state index in [1.54, 1.807) is 0 Å². The number of carbonyl (C=O) groups excluding carboxylic acids is 2. The lowest BCUT2D eigenvalue weighted by molar-refractivity contribution is -0.267. The zero-order valence-corrected chi connectivity index (χ0v) is 39.6. The van der Waals surface area contributed by atoms with Gasteiger partial charge >= 0.3 is 0 Å². The minimum atomic E-state index is -0.585. The van der Waals surface area contributed by atoms with Crippen LogP contribution in [0.4, 0.5) is 0 Å². The molecule has 66 heavy (non-hydrogen) atoms. The molecule has 2 aliphatic rings. The highest BCUT2D eigenvalue weighted by molar-refractivity contribution is 5.77. The molecule has 2 fully saturated rings. The number of likely N-dealkylation sites (N-methyl/N-ethyl adjacent to an activating group) is 1. The van der Waals surface area contributed by atoms with Crippen LogP contribution in [-0.4, -0.2) is 79.4 Å². The lowest BCUT2D eigenvalue weighted by Gasteiger charge is -2.46. The largest absolute Gasteiger partial charge is 0.368 e. The first-order chi connectivity index (χ1) is 32.2. The van der Waals surface area contributed by atoms with E-state index in [0.29, 0.717) is 32.8 Å². The van der Waals surface area contributed by atoms with E-state index in [-0.39, 0.29) is 18.1 Å². The highest BCUT2D eigenvalue weighted by Crippen LogP contribution is 2.40. The van der Waals surface area contributed by atoms with Gasteiger partial charge in [-0.15, -0.1) is 0 Å². The van der Waals surface area contributed by atoms with Crippen LogP contribution in [-0.2, 0) is 61.2 Å². The average Bonchev–Trinajstić information content (AvgIpc) is 3.34. The van der Waals surface area contributed by atoms with Gasteiger partial charge in [0.05, 0.1) is 25.9 Å². The van der Waals surface area contributed by atoms with Crippen molar-refractivity contribution in [1.29, 1.82) is 0 Å². The Morgan fingerprint density at radius 1 is 0.697 bits per heavy atom. The van der Waals surface area contributed by atoms with E-state index in [4.69, 9.17) is 18.9 Å². The first-order valence-corrected chi connectivity index (χ1v) is 24.2. The van der Waals surface area contributed by atoms with E-state index in [2.05, 4.69) is 103 Å². The van der Waals surface area contributed by atoms with Crippen molar-refractivity contribution in [3.63, 3.8) is 0 Å². The van der Waals surface area contributed by atoms with Gasteiger partial charge in [-0.05, 0) is 117 Å². The molecule has 9 nitrogen and oxygen atoms in total. The molecule has 1 heterocycles. The molecular weight excluding hydrogens is 823 g/mol. The van der Waals surface area contributed by atoms with Gasteiger partial charge in [0, 0.05) is 19.5 Å². The normalized spacial score (nSPS) is 20.5. The fourth-order valence-electron chi connectivity index (χ4n) is 9.68. The van der Waals surface area contributed by atoms with Gasteiger partial charge in [0.15, 0.2) is 0 Å². The number of ether oxygens (including phenoxy) is 4. The molecule has 5 atom stereocenters. The maximum Gasteiger partial charge on any atom is 0.224 e. The van der Waals surface area contributed by atoms with Gasteiger partial charge in [-0.3, -0.25) is 9.59 Å². The molecule has 1 saturated heterocycles. The number of nitrogens with one attached hydrogen (secondary N) is 1. The third kappa shape index (κ3) is 13.3. The Kier molecular flexibility index (Phi) is 18.1. The van der Waals surface area contributed by atoms with Gasteiger partial charge in [-0.2, -0.15) is 0 Å². The summed E-state index contributed by atoms with van der Waals surface area (Å²) in [4.78, 5) is 29.7. The summed E-state index contributed by atoms with van der Waals surface area (Å²) in [6.45, 7) is 6.95. The SMILES string of the molecule is CC[C@H]1O[C@@H](c2ccc(C)c(Cc3ccc(CCCC(=O)N(CCN(C)C)C4(NC=O)CCCCC4)cc3)c2)[C@H](OCc2ccccc2)[C@@H](OCc2ccccc2)[C@@H]1OCc1ccccc1. The third-order valence-electron chi connectivity index (χ3n) is 13.5. The van der Waals surface area contributed by atoms with Crippen LogP contribution in [0.1, 0.15) is 109 Å². The Balaban J connectivity index is 1.08. The molecule has 0 aromatic heterocycles. The topological polar surface area (TPSA) is 89.6 Å². The molecule has 5 aromatic rings. The van der Waals surface area contributed by atoms with E-state index >= 15 is 0 Å². The van der Waals surface area contributed by atoms with Crippen LogP contribution in [0.25, 0.3) is 0 Å². The van der Waals surface area contributed by atoms with Crippen molar-refractivity contribution in [2.75, 3.05) is 27.2 Å². The molecule has 1 aliphatic carbocycles. The summed E-state index contributed by atoms with van der Waals surface area (Å²) in [5.74, 6) is 0.115. The van der Waals surface area contributed by atoms with Gasteiger partial charge in [-0.1, -0.05) is 147 Å². The highest BCUT2D eigenvalue weighted by Gasteiger charge is 2.48. The van der Waals surface area contributed by atoms with Crippen LogP contribution in [0.2, 0.25) is 0 Å². The molecule has 1 N–H and O–H groups in total. The van der Waals surface area contributed by atoms with Crippen molar-refractivity contribution in [3.05, 3.63) is 178 Å².